The lowest BCUT2D eigenvalue weighted by molar-refractivity contribution is 0.0342. The first-order valence-electron chi connectivity index (χ1n) is 13.3. The average molecular weight is 554 g/mol. The zero-order valence-corrected chi connectivity index (χ0v) is 22.9. The van der Waals surface area contributed by atoms with Crippen LogP contribution in [0.25, 0.3) is 11.0 Å². The fraction of sp³-hybridized carbons (Fsp3) is 0.290. The number of hydrogen-bond donors (Lipinski definition) is 3. The molecule has 2 aromatic carbocycles. The summed E-state index contributed by atoms with van der Waals surface area (Å²) < 4.78 is 7.28. The van der Waals surface area contributed by atoms with Gasteiger partial charge in [-0.15, -0.1) is 0 Å². The molecule has 0 saturated carbocycles. The SMILES string of the molecule is CC(C)(O)Cn1c(NC(=O)c2ccnc(C#Cc3cccc(O)c3C=O)c2)nc2ccc(CN3CCOCC3)cc21. The largest absolute Gasteiger partial charge is 0.507 e. The molecule has 0 aliphatic carbocycles. The van der Waals surface area contributed by atoms with E-state index in [1.54, 1.807) is 32.0 Å². The standard InChI is InChI=1S/C31H31N5O5/c1-31(2,40)20-36-27-16-21(18-35-12-14-41-15-13-35)6-9-26(27)33-30(36)34-29(39)23-10-11-32-24(17-23)8-7-22-4-3-5-28(38)25(22)19-37/h3-6,9-11,16-17,19,38,40H,12-15,18,20H2,1-2H3,(H,33,34,39). The van der Waals surface area contributed by atoms with E-state index in [2.05, 4.69) is 32.0 Å². The van der Waals surface area contributed by atoms with Crippen molar-refractivity contribution in [1.82, 2.24) is 19.4 Å². The molecular formula is C31H31N5O5. The van der Waals surface area contributed by atoms with Crippen LogP contribution in [0, 0.1) is 11.8 Å². The molecule has 41 heavy (non-hydrogen) atoms. The second-order valence-corrected chi connectivity index (χ2v) is 10.5. The molecule has 1 aliphatic rings. The van der Waals surface area contributed by atoms with Crippen LogP contribution in [0.1, 0.15) is 51.4 Å². The van der Waals surface area contributed by atoms with Gasteiger partial charge in [-0.3, -0.25) is 19.8 Å². The first-order valence-corrected chi connectivity index (χ1v) is 13.3. The summed E-state index contributed by atoms with van der Waals surface area (Å²) in [4.78, 5) is 35.8. The van der Waals surface area contributed by atoms with Crippen molar-refractivity contribution in [2.24, 2.45) is 0 Å². The topological polar surface area (TPSA) is 130 Å². The Bertz CT molecular complexity index is 1660. The number of rotatable bonds is 7. The maximum Gasteiger partial charge on any atom is 0.258 e. The maximum absolute atomic E-state index is 13.3. The van der Waals surface area contributed by atoms with E-state index >= 15 is 0 Å². The number of phenolic OH excluding ortho intramolecular Hbond substituents is 1. The van der Waals surface area contributed by atoms with Crippen LogP contribution in [-0.4, -0.2) is 73.7 Å². The number of nitrogens with zero attached hydrogens (tertiary/aromatic N) is 4. The number of anilines is 1. The number of pyridine rings is 1. The molecule has 1 aliphatic heterocycles. The summed E-state index contributed by atoms with van der Waals surface area (Å²) in [6.07, 6.45) is 2.02. The summed E-state index contributed by atoms with van der Waals surface area (Å²) in [5, 5.41) is 23.4. The molecule has 4 aromatic rings. The predicted octanol–water partition coefficient (Wildman–Crippen LogP) is 3.20. The average Bonchev–Trinajstić information content (AvgIpc) is 3.27. The van der Waals surface area contributed by atoms with Crippen molar-refractivity contribution >= 4 is 29.2 Å². The van der Waals surface area contributed by atoms with Gasteiger partial charge in [0.05, 0.1) is 42.0 Å². The normalized spacial score (nSPS) is 13.9. The van der Waals surface area contributed by atoms with Gasteiger partial charge in [-0.25, -0.2) is 9.97 Å². The van der Waals surface area contributed by atoms with E-state index in [1.807, 2.05) is 22.8 Å². The van der Waals surface area contributed by atoms with Gasteiger partial charge in [0, 0.05) is 37.0 Å². The highest BCUT2D eigenvalue weighted by Gasteiger charge is 2.22. The smallest absolute Gasteiger partial charge is 0.258 e. The number of aldehydes is 1. The molecule has 1 amide bonds. The summed E-state index contributed by atoms with van der Waals surface area (Å²) >= 11 is 0. The third-order valence-corrected chi connectivity index (χ3v) is 6.64. The van der Waals surface area contributed by atoms with Crippen LogP contribution in [0.5, 0.6) is 5.75 Å². The Morgan fingerprint density at radius 1 is 1.15 bits per heavy atom. The van der Waals surface area contributed by atoms with Gasteiger partial charge < -0.3 is 19.5 Å². The van der Waals surface area contributed by atoms with Gasteiger partial charge in [-0.05, 0) is 61.7 Å². The van der Waals surface area contributed by atoms with Gasteiger partial charge in [0.1, 0.15) is 11.4 Å². The molecule has 10 heteroatoms. The van der Waals surface area contributed by atoms with Crippen LogP contribution < -0.4 is 5.32 Å². The number of carbonyl (C=O) groups excluding carboxylic acids is 2. The van der Waals surface area contributed by atoms with E-state index in [0.717, 1.165) is 30.7 Å². The van der Waals surface area contributed by atoms with Gasteiger partial charge >= 0.3 is 0 Å². The molecule has 210 valence electrons. The number of carbonyl (C=O) groups is 2. The Balaban J connectivity index is 1.41. The molecule has 10 nitrogen and oxygen atoms in total. The van der Waals surface area contributed by atoms with Crippen molar-refractivity contribution in [2.75, 3.05) is 31.6 Å². The molecule has 0 unspecified atom stereocenters. The van der Waals surface area contributed by atoms with Crippen molar-refractivity contribution in [1.29, 1.82) is 0 Å². The fourth-order valence-corrected chi connectivity index (χ4v) is 4.66. The number of hydrogen-bond acceptors (Lipinski definition) is 8. The van der Waals surface area contributed by atoms with E-state index in [-0.39, 0.29) is 17.9 Å². The van der Waals surface area contributed by atoms with Crippen LogP contribution in [0.15, 0.2) is 54.7 Å². The molecule has 2 aromatic heterocycles. The molecular weight excluding hydrogens is 522 g/mol. The highest BCUT2D eigenvalue weighted by Crippen LogP contribution is 2.25. The third kappa shape index (κ3) is 6.78. The van der Waals surface area contributed by atoms with Gasteiger partial charge in [0.15, 0.2) is 6.29 Å². The fourth-order valence-electron chi connectivity index (χ4n) is 4.66. The Hall–Kier alpha value is -4.56. The van der Waals surface area contributed by atoms with Gasteiger partial charge in [-0.2, -0.15) is 0 Å². The summed E-state index contributed by atoms with van der Waals surface area (Å²) in [5.74, 6) is 5.43. The van der Waals surface area contributed by atoms with E-state index < -0.39 is 11.5 Å². The van der Waals surface area contributed by atoms with Crippen molar-refractivity contribution in [3.63, 3.8) is 0 Å². The van der Waals surface area contributed by atoms with Crippen LogP contribution in [0.2, 0.25) is 0 Å². The highest BCUT2D eigenvalue weighted by molar-refractivity contribution is 6.04. The van der Waals surface area contributed by atoms with E-state index in [0.29, 0.717) is 47.8 Å². The van der Waals surface area contributed by atoms with Crippen molar-refractivity contribution in [2.45, 2.75) is 32.5 Å². The molecule has 0 spiro atoms. The number of benzene rings is 2. The first-order chi connectivity index (χ1) is 19.7. The third-order valence-electron chi connectivity index (χ3n) is 6.64. The number of aromatic nitrogens is 3. The first kappa shape index (κ1) is 28.0. The Kier molecular flexibility index (Phi) is 8.12. The molecule has 1 fully saturated rings. The number of fused-ring (bicyclic) bond motifs is 1. The van der Waals surface area contributed by atoms with Crippen molar-refractivity contribution < 1.29 is 24.5 Å². The molecule has 0 bridgehead atoms. The molecule has 0 atom stereocenters. The zero-order valence-electron chi connectivity index (χ0n) is 22.9. The second kappa shape index (κ2) is 11.9. The maximum atomic E-state index is 13.3. The van der Waals surface area contributed by atoms with E-state index in [9.17, 15) is 19.8 Å². The molecule has 3 N–H and O–H groups in total. The van der Waals surface area contributed by atoms with Crippen LogP contribution in [0.3, 0.4) is 0 Å². The number of morpholine rings is 1. The number of nitrogens with one attached hydrogen (secondary N) is 1. The number of aliphatic hydroxyl groups is 1. The minimum absolute atomic E-state index is 0.0905. The van der Waals surface area contributed by atoms with Crippen molar-refractivity contribution in [3.8, 4) is 17.6 Å². The Morgan fingerprint density at radius 2 is 1.95 bits per heavy atom. The number of amides is 1. The van der Waals surface area contributed by atoms with Gasteiger partial charge in [-0.1, -0.05) is 18.1 Å². The number of ether oxygens (including phenoxy) is 1. The monoisotopic (exact) mass is 553 g/mol. The zero-order chi connectivity index (χ0) is 29.0. The van der Waals surface area contributed by atoms with Gasteiger partial charge in [0.25, 0.3) is 5.91 Å². The van der Waals surface area contributed by atoms with Gasteiger partial charge in [0.2, 0.25) is 5.95 Å². The summed E-state index contributed by atoms with van der Waals surface area (Å²) in [7, 11) is 0. The van der Waals surface area contributed by atoms with Crippen LogP contribution in [-0.2, 0) is 17.8 Å². The second-order valence-electron chi connectivity index (χ2n) is 10.5. The molecule has 0 radical (unpaired) electrons. The lowest BCUT2D eigenvalue weighted by Gasteiger charge is -2.26. The number of aromatic hydroxyl groups is 1. The van der Waals surface area contributed by atoms with E-state index in [4.69, 9.17) is 4.74 Å². The highest BCUT2D eigenvalue weighted by atomic mass is 16.5. The minimum atomic E-state index is -1.06. The minimum Gasteiger partial charge on any atom is -0.507 e. The number of phenols is 1. The Morgan fingerprint density at radius 3 is 2.71 bits per heavy atom. The summed E-state index contributed by atoms with van der Waals surface area (Å²) in [6, 6.07) is 13.7. The summed E-state index contributed by atoms with van der Waals surface area (Å²) in [5.41, 5.74) is 2.63. The summed E-state index contributed by atoms with van der Waals surface area (Å²) in [6.45, 7) is 7.57. The van der Waals surface area contributed by atoms with Crippen molar-refractivity contribution in [3.05, 3.63) is 82.7 Å². The van der Waals surface area contributed by atoms with E-state index in [1.165, 1.54) is 18.3 Å². The molecule has 1 saturated heterocycles. The van der Waals surface area contributed by atoms with Crippen LogP contribution in [0.4, 0.5) is 5.95 Å². The lowest BCUT2D eigenvalue weighted by Crippen LogP contribution is -2.35. The quantitative estimate of drug-likeness (QED) is 0.235. The predicted molar refractivity (Wildman–Crippen MR) is 154 cm³/mol. The molecule has 3 heterocycles. The lowest BCUT2D eigenvalue weighted by atomic mass is 10.1. The molecule has 5 rings (SSSR count). The Labute approximate surface area is 237 Å². The number of imidazole rings is 1. The van der Waals surface area contributed by atoms with Crippen LogP contribution >= 0.6 is 0 Å².